The second-order valence-corrected chi connectivity index (χ2v) is 11.3. The normalized spacial score (nSPS) is 19.4. The van der Waals surface area contributed by atoms with Gasteiger partial charge in [0, 0.05) is 18.6 Å². The number of hydrogen-bond acceptors (Lipinski definition) is 5. The van der Waals surface area contributed by atoms with Gasteiger partial charge in [0.05, 0.1) is 33.9 Å². The van der Waals surface area contributed by atoms with Crippen LogP contribution in [0.4, 0.5) is 13.2 Å². The van der Waals surface area contributed by atoms with E-state index in [1.54, 1.807) is 9.47 Å². The van der Waals surface area contributed by atoms with E-state index < -0.39 is 21.6 Å². The molecule has 1 amide bonds. The molecule has 32 heavy (non-hydrogen) atoms. The second kappa shape index (κ2) is 9.62. The van der Waals surface area contributed by atoms with Gasteiger partial charge in [0.2, 0.25) is 5.91 Å². The Morgan fingerprint density at radius 2 is 2.06 bits per heavy atom. The Labute approximate surface area is 190 Å². The minimum atomic E-state index is -4.45. The lowest BCUT2D eigenvalue weighted by molar-refractivity contribution is -0.137. The molecule has 0 saturated carbocycles. The van der Waals surface area contributed by atoms with Gasteiger partial charge in [-0.25, -0.2) is 13.4 Å². The van der Waals surface area contributed by atoms with Crippen LogP contribution in [0.25, 0.3) is 11.0 Å². The van der Waals surface area contributed by atoms with Crippen molar-refractivity contribution < 1.29 is 26.4 Å². The summed E-state index contributed by atoms with van der Waals surface area (Å²) in [6.07, 6.45) is -2.63. The minimum absolute atomic E-state index is 0.0255. The van der Waals surface area contributed by atoms with E-state index in [9.17, 15) is 26.4 Å². The quantitative estimate of drug-likeness (QED) is 0.513. The van der Waals surface area contributed by atoms with Gasteiger partial charge in [-0.1, -0.05) is 25.6 Å². The molecule has 0 aliphatic carbocycles. The summed E-state index contributed by atoms with van der Waals surface area (Å²) in [5, 5.41) is 0.484. The molecule has 1 aliphatic heterocycles. The first-order chi connectivity index (χ1) is 15.0. The first kappa shape index (κ1) is 24.9. The fraction of sp³-hybridized carbons (Fsp3) is 0.619. The van der Waals surface area contributed by atoms with Crippen molar-refractivity contribution in [3.8, 4) is 0 Å². The van der Waals surface area contributed by atoms with Crippen molar-refractivity contribution in [3.05, 3.63) is 23.8 Å². The summed E-state index contributed by atoms with van der Waals surface area (Å²) in [5.41, 5.74) is 0.0969. The third-order valence-corrected chi connectivity index (χ3v) is 8.48. The van der Waals surface area contributed by atoms with E-state index in [4.69, 9.17) is 0 Å². The van der Waals surface area contributed by atoms with Crippen molar-refractivity contribution in [1.29, 1.82) is 0 Å². The maximum atomic E-state index is 13.2. The summed E-state index contributed by atoms with van der Waals surface area (Å²) >= 11 is 1.18. The standard InChI is InChI=1S/C21H28F3N3O3S2/c1-4-9-26-18-11-15(21(22,23)24)6-7-17(18)25-20(26)31-12-19(28)27(14(3)5-2)16-8-10-32(29,30)13-16/h6-7,11,14,16H,4-5,8-10,12-13H2,1-3H3. The van der Waals surface area contributed by atoms with E-state index in [0.29, 0.717) is 42.0 Å². The minimum Gasteiger partial charge on any atom is -0.335 e. The van der Waals surface area contributed by atoms with Crippen molar-refractivity contribution in [2.24, 2.45) is 0 Å². The predicted molar refractivity (Wildman–Crippen MR) is 119 cm³/mol. The van der Waals surface area contributed by atoms with Gasteiger partial charge in [-0.2, -0.15) is 13.2 Å². The summed E-state index contributed by atoms with van der Waals surface area (Å²) in [6.45, 7) is 6.24. The molecule has 3 rings (SSSR count). The lowest BCUT2D eigenvalue weighted by Gasteiger charge is -2.33. The van der Waals surface area contributed by atoms with Crippen molar-refractivity contribution in [2.45, 2.75) is 70.0 Å². The average Bonchev–Trinajstić information content (AvgIpc) is 3.25. The molecule has 2 unspecified atom stereocenters. The van der Waals surface area contributed by atoms with E-state index in [0.717, 1.165) is 12.1 Å². The molecular formula is C21H28F3N3O3S2. The molecule has 1 saturated heterocycles. The van der Waals surface area contributed by atoms with Gasteiger partial charge >= 0.3 is 6.18 Å². The largest absolute Gasteiger partial charge is 0.416 e. The third-order valence-electron chi connectivity index (χ3n) is 5.77. The van der Waals surface area contributed by atoms with Crippen LogP contribution in [0.5, 0.6) is 0 Å². The molecule has 1 fully saturated rings. The Bertz CT molecular complexity index is 1080. The molecule has 2 atom stereocenters. The number of halogens is 3. The van der Waals surface area contributed by atoms with E-state index in [2.05, 4.69) is 4.98 Å². The molecule has 2 aromatic rings. The van der Waals surface area contributed by atoms with Crippen LogP contribution in [-0.2, 0) is 27.4 Å². The van der Waals surface area contributed by atoms with Crippen LogP contribution in [0, 0.1) is 0 Å². The Kier molecular flexibility index (Phi) is 7.48. The van der Waals surface area contributed by atoms with Crippen molar-refractivity contribution in [3.63, 3.8) is 0 Å². The van der Waals surface area contributed by atoms with Gasteiger partial charge in [0.25, 0.3) is 0 Å². The number of carbonyl (C=O) groups is 1. The number of imidazole rings is 1. The maximum Gasteiger partial charge on any atom is 0.416 e. The molecule has 1 aromatic heterocycles. The molecule has 0 bridgehead atoms. The van der Waals surface area contributed by atoms with Crippen molar-refractivity contribution in [2.75, 3.05) is 17.3 Å². The highest BCUT2D eigenvalue weighted by molar-refractivity contribution is 7.99. The maximum absolute atomic E-state index is 13.2. The number of hydrogen-bond donors (Lipinski definition) is 0. The zero-order valence-corrected chi connectivity index (χ0v) is 20.0. The summed E-state index contributed by atoms with van der Waals surface area (Å²) in [5.74, 6) is -0.0844. The van der Waals surface area contributed by atoms with Gasteiger partial charge in [0.1, 0.15) is 0 Å². The number of thioether (sulfide) groups is 1. The molecular weight excluding hydrogens is 463 g/mol. The molecule has 1 aromatic carbocycles. The first-order valence-electron chi connectivity index (χ1n) is 10.7. The SMILES string of the molecule is CCCn1c(SCC(=O)N(C(C)CC)C2CCS(=O)(=O)C2)nc2ccc(C(F)(F)F)cc21. The Hall–Kier alpha value is -1.75. The van der Waals surface area contributed by atoms with Crippen LogP contribution in [0.3, 0.4) is 0 Å². The topological polar surface area (TPSA) is 72.3 Å². The fourth-order valence-corrected chi connectivity index (χ4v) is 6.65. The van der Waals surface area contributed by atoms with Crippen LogP contribution in [-0.4, -0.2) is 58.1 Å². The van der Waals surface area contributed by atoms with Gasteiger partial charge in [0.15, 0.2) is 15.0 Å². The molecule has 0 N–H and O–H groups in total. The number of sulfone groups is 1. The summed E-state index contributed by atoms with van der Waals surface area (Å²) in [4.78, 5) is 19.2. The summed E-state index contributed by atoms with van der Waals surface area (Å²) < 4.78 is 65.1. The summed E-state index contributed by atoms with van der Waals surface area (Å²) in [7, 11) is -3.14. The van der Waals surface area contributed by atoms with E-state index >= 15 is 0 Å². The molecule has 6 nitrogen and oxygen atoms in total. The molecule has 178 valence electrons. The van der Waals surface area contributed by atoms with E-state index in [-0.39, 0.29) is 35.2 Å². The number of carbonyl (C=O) groups excluding carboxylic acids is 1. The van der Waals surface area contributed by atoms with Crippen LogP contribution >= 0.6 is 11.8 Å². The smallest absolute Gasteiger partial charge is 0.335 e. The van der Waals surface area contributed by atoms with Crippen LogP contribution in [0.1, 0.15) is 45.6 Å². The Morgan fingerprint density at radius 1 is 1.34 bits per heavy atom. The van der Waals surface area contributed by atoms with Crippen LogP contribution in [0.2, 0.25) is 0 Å². The predicted octanol–water partition coefficient (Wildman–Crippen LogP) is 4.37. The number of fused-ring (bicyclic) bond motifs is 1. The number of amides is 1. The van der Waals surface area contributed by atoms with Gasteiger partial charge in [-0.05, 0) is 44.4 Å². The number of aromatic nitrogens is 2. The van der Waals surface area contributed by atoms with E-state index in [1.165, 1.54) is 17.8 Å². The highest BCUT2D eigenvalue weighted by Gasteiger charge is 2.36. The number of benzene rings is 1. The van der Waals surface area contributed by atoms with Crippen molar-refractivity contribution >= 4 is 38.5 Å². The lowest BCUT2D eigenvalue weighted by atomic mass is 10.1. The van der Waals surface area contributed by atoms with Gasteiger partial charge < -0.3 is 9.47 Å². The number of alkyl halides is 3. The lowest BCUT2D eigenvalue weighted by Crippen LogP contribution is -2.47. The highest BCUT2D eigenvalue weighted by atomic mass is 32.2. The van der Waals surface area contributed by atoms with Crippen LogP contribution in [0.15, 0.2) is 23.4 Å². The average molecular weight is 492 g/mol. The molecule has 2 heterocycles. The van der Waals surface area contributed by atoms with Gasteiger partial charge in [-0.15, -0.1) is 0 Å². The third kappa shape index (κ3) is 5.41. The first-order valence-corrected chi connectivity index (χ1v) is 13.5. The number of nitrogens with zero attached hydrogens (tertiary/aromatic N) is 3. The molecule has 0 radical (unpaired) electrons. The highest BCUT2D eigenvalue weighted by Crippen LogP contribution is 2.33. The Morgan fingerprint density at radius 3 is 2.62 bits per heavy atom. The number of rotatable bonds is 8. The van der Waals surface area contributed by atoms with Gasteiger partial charge in [-0.3, -0.25) is 4.79 Å². The molecule has 0 spiro atoms. The number of aryl methyl sites for hydroxylation is 1. The summed E-state index contributed by atoms with van der Waals surface area (Å²) in [6, 6.07) is 3.01. The Balaban J connectivity index is 1.84. The second-order valence-electron chi connectivity index (χ2n) is 8.15. The molecule has 11 heteroatoms. The molecule has 1 aliphatic rings. The monoisotopic (exact) mass is 491 g/mol. The van der Waals surface area contributed by atoms with E-state index in [1.807, 2.05) is 20.8 Å². The zero-order valence-electron chi connectivity index (χ0n) is 18.4. The zero-order chi connectivity index (χ0) is 23.7. The van der Waals surface area contributed by atoms with Crippen molar-refractivity contribution in [1.82, 2.24) is 14.5 Å². The fourth-order valence-electron chi connectivity index (χ4n) is 4.03. The van der Waals surface area contributed by atoms with Crippen LogP contribution < -0.4 is 0 Å².